The molecule has 0 spiro atoms. The van der Waals surface area contributed by atoms with Crippen molar-refractivity contribution < 1.29 is 13.3 Å². The number of piperidine rings is 1. The third kappa shape index (κ3) is 4.55. The minimum Gasteiger partial charge on any atom is -0.377 e. The monoisotopic (exact) mass is 353 g/mol. The first-order valence-electron chi connectivity index (χ1n) is 7.79. The molecule has 8 heteroatoms. The van der Waals surface area contributed by atoms with Gasteiger partial charge in [-0.1, -0.05) is 18.2 Å². The van der Waals surface area contributed by atoms with Gasteiger partial charge >= 0.3 is 5.69 Å². The molecule has 1 aliphatic heterocycles. The third-order valence-corrected chi connectivity index (χ3v) is 5.15. The maximum atomic E-state index is 11.8. The minimum absolute atomic E-state index is 0.0832. The lowest BCUT2D eigenvalue weighted by Crippen LogP contribution is -2.39. The predicted molar refractivity (Wildman–Crippen MR) is 94.1 cm³/mol. The zero-order valence-corrected chi connectivity index (χ0v) is 14.8. The van der Waals surface area contributed by atoms with E-state index in [4.69, 9.17) is 0 Å². The molecule has 0 amide bonds. The molecular weight excluding hydrogens is 330 g/mol. The Hall–Kier alpha value is -1.93. The van der Waals surface area contributed by atoms with Crippen LogP contribution in [0, 0.1) is 10.1 Å². The van der Waals surface area contributed by atoms with Gasteiger partial charge in [-0.3, -0.25) is 15.0 Å². The smallest absolute Gasteiger partial charge is 0.310 e. The average Bonchev–Trinajstić information content (AvgIpc) is 2.47. The summed E-state index contributed by atoms with van der Waals surface area (Å²) < 4.78 is 23.6. The van der Waals surface area contributed by atoms with Gasteiger partial charge in [0.05, 0.1) is 4.92 Å². The molecule has 0 bridgehead atoms. The number of sulfone groups is 1. The molecule has 1 saturated heterocycles. The Labute approximate surface area is 142 Å². The molecule has 0 unspecified atom stereocenters. The standard InChI is InChI=1S/C16H23N3O4S/c1-12(2)11-18-9-7-13(8-10-18)17-14-5-4-6-15(24(3,22)23)16(14)19(20)21/h4-6,13,17H,1,7-11H2,2-3H3. The van der Waals surface area contributed by atoms with Crippen LogP contribution < -0.4 is 5.32 Å². The topological polar surface area (TPSA) is 92.6 Å². The Kier molecular flexibility index (Phi) is 5.61. The fourth-order valence-electron chi connectivity index (χ4n) is 2.96. The number of hydrogen-bond acceptors (Lipinski definition) is 6. The molecule has 1 fully saturated rings. The number of para-hydroxylation sites is 1. The second kappa shape index (κ2) is 7.31. The van der Waals surface area contributed by atoms with E-state index in [1.165, 1.54) is 12.1 Å². The maximum absolute atomic E-state index is 11.8. The molecule has 7 nitrogen and oxygen atoms in total. The molecule has 1 aliphatic rings. The van der Waals surface area contributed by atoms with Crippen LogP contribution in [0.15, 0.2) is 35.2 Å². The SMILES string of the molecule is C=C(C)CN1CCC(Nc2cccc(S(C)(=O)=O)c2[N+](=O)[O-])CC1. The van der Waals surface area contributed by atoms with Crippen molar-refractivity contribution in [2.75, 3.05) is 31.2 Å². The molecule has 24 heavy (non-hydrogen) atoms. The van der Waals surface area contributed by atoms with E-state index in [1.807, 2.05) is 6.92 Å². The summed E-state index contributed by atoms with van der Waals surface area (Å²) in [6.45, 7) is 8.52. The van der Waals surface area contributed by atoms with Gasteiger partial charge < -0.3 is 5.32 Å². The molecule has 1 heterocycles. The minimum atomic E-state index is -3.66. The Balaban J connectivity index is 2.17. The Morgan fingerprint density at radius 2 is 2.04 bits per heavy atom. The van der Waals surface area contributed by atoms with Crippen molar-refractivity contribution in [3.8, 4) is 0 Å². The summed E-state index contributed by atoms with van der Waals surface area (Å²) >= 11 is 0. The van der Waals surface area contributed by atoms with Gasteiger partial charge in [0, 0.05) is 31.9 Å². The first-order chi connectivity index (χ1) is 11.2. The van der Waals surface area contributed by atoms with E-state index in [-0.39, 0.29) is 22.3 Å². The summed E-state index contributed by atoms with van der Waals surface area (Å²) in [5.41, 5.74) is 1.00. The molecule has 2 rings (SSSR count). The van der Waals surface area contributed by atoms with E-state index in [9.17, 15) is 18.5 Å². The van der Waals surface area contributed by atoms with Gasteiger partial charge in [-0.05, 0) is 31.9 Å². The van der Waals surface area contributed by atoms with Crippen molar-refractivity contribution in [1.29, 1.82) is 0 Å². The molecule has 1 aromatic carbocycles. The van der Waals surface area contributed by atoms with Crippen molar-refractivity contribution in [3.63, 3.8) is 0 Å². The Morgan fingerprint density at radius 1 is 1.42 bits per heavy atom. The molecule has 1 N–H and O–H groups in total. The van der Waals surface area contributed by atoms with Crippen LogP contribution in [0.3, 0.4) is 0 Å². The van der Waals surface area contributed by atoms with Gasteiger partial charge in [-0.2, -0.15) is 0 Å². The molecule has 0 radical (unpaired) electrons. The Morgan fingerprint density at radius 3 is 2.54 bits per heavy atom. The summed E-state index contributed by atoms with van der Waals surface area (Å²) in [6.07, 6.45) is 2.66. The van der Waals surface area contributed by atoms with Crippen LogP contribution >= 0.6 is 0 Å². The second-order valence-electron chi connectivity index (χ2n) is 6.33. The van der Waals surface area contributed by atoms with E-state index in [0.29, 0.717) is 0 Å². The summed E-state index contributed by atoms with van der Waals surface area (Å²) in [5.74, 6) is 0. The van der Waals surface area contributed by atoms with Crippen molar-refractivity contribution >= 4 is 21.2 Å². The highest BCUT2D eigenvalue weighted by molar-refractivity contribution is 7.90. The molecule has 0 saturated carbocycles. The Bertz CT molecular complexity index is 738. The van der Waals surface area contributed by atoms with Crippen LogP contribution in [-0.2, 0) is 9.84 Å². The van der Waals surface area contributed by atoms with Gasteiger partial charge in [0.15, 0.2) is 9.84 Å². The number of hydrogen-bond donors (Lipinski definition) is 1. The highest BCUT2D eigenvalue weighted by atomic mass is 32.2. The lowest BCUT2D eigenvalue weighted by atomic mass is 10.0. The van der Waals surface area contributed by atoms with E-state index >= 15 is 0 Å². The summed E-state index contributed by atoms with van der Waals surface area (Å²) in [5, 5.41) is 14.5. The molecule has 0 atom stereocenters. The molecule has 0 aliphatic carbocycles. The fraction of sp³-hybridized carbons (Fsp3) is 0.500. The fourth-order valence-corrected chi connectivity index (χ4v) is 3.82. The predicted octanol–water partition coefficient (Wildman–Crippen LogP) is 2.45. The number of nitrogens with one attached hydrogen (secondary N) is 1. The first kappa shape index (κ1) is 18.4. The second-order valence-corrected chi connectivity index (χ2v) is 8.32. The molecule has 132 valence electrons. The van der Waals surface area contributed by atoms with Gasteiger partial charge in [0.2, 0.25) is 0 Å². The van der Waals surface area contributed by atoms with Crippen LogP contribution in [0.4, 0.5) is 11.4 Å². The number of rotatable bonds is 6. The summed E-state index contributed by atoms with van der Waals surface area (Å²) in [6, 6.07) is 4.45. The number of nitro benzene ring substituents is 1. The summed E-state index contributed by atoms with van der Waals surface area (Å²) in [4.78, 5) is 12.8. The van der Waals surface area contributed by atoms with Crippen LogP contribution in [0.5, 0.6) is 0 Å². The number of nitro groups is 1. The highest BCUT2D eigenvalue weighted by Gasteiger charge is 2.28. The zero-order chi connectivity index (χ0) is 17.9. The van der Waals surface area contributed by atoms with E-state index in [0.717, 1.165) is 44.3 Å². The zero-order valence-electron chi connectivity index (χ0n) is 14.0. The summed E-state index contributed by atoms with van der Waals surface area (Å²) in [7, 11) is -3.66. The lowest BCUT2D eigenvalue weighted by molar-refractivity contribution is -0.386. The van der Waals surface area contributed by atoms with E-state index in [1.54, 1.807) is 6.07 Å². The van der Waals surface area contributed by atoms with Crippen LogP contribution in [0.2, 0.25) is 0 Å². The van der Waals surface area contributed by atoms with Crippen LogP contribution in [-0.4, -0.2) is 50.2 Å². The van der Waals surface area contributed by atoms with Gasteiger partial charge in [-0.15, -0.1) is 0 Å². The number of anilines is 1. The lowest BCUT2D eigenvalue weighted by Gasteiger charge is -2.32. The van der Waals surface area contributed by atoms with Crippen molar-refractivity contribution in [2.24, 2.45) is 0 Å². The highest BCUT2D eigenvalue weighted by Crippen LogP contribution is 2.33. The maximum Gasteiger partial charge on any atom is 0.310 e. The first-order valence-corrected chi connectivity index (χ1v) is 9.68. The van der Waals surface area contributed by atoms with E-state index in [2.05, 4.69) is 16.8 Å². The van der Waals surface area contributed by atoms with Crippen molar-refractivity contribution in [3.05, 3.63) is 40.5 Å². The van der Waals surface area contributed by atoms with Crippen molar-refractivity contribution in [1.82, 2.24) is 4.90 Å². The molecular formula is C16H23N3O4S. The normalized spacial score (nSPS) is 16.8. The quantitative estimate of drug-likeness (QED) is 0.480. The third-order valence-electron chi connectivity index (χ3n) is 4.02. The van der Waals surface area contributed by atoms with Gasteiger partial charge in [0.1, 0.15) is 10.6 Å². The van der Waals surface area contributed by atoms with Crippen LogP contribution in [0.1, 0.15) is 19.8 Å². The van der Waals surface area contributed by atoms with E-state index < -0.39 is 14.8 Å². The number of nitrogens with zero attached hydrogens (tertiary/aromatic N) is 2. The molecule has 0 aromatic heterocycles. The number of benzene rings is 1. The van der Waals surface area contributed by atoms with Gasteiger partial charge in [-0.25, -0.2) is 8.42 Å². The van der Waals surface area contributed by atoms with Crippen LogP contribution in [0.25, 0.3) is 0 Å². The average molecular weight is 353 g/mol. The van der Waals surface area contributed by atoms with Gasteiger partial charge in [0.25, 0.3) is 0 Å². The largest absolute Gasteiger partial charge is 0.377 e. The van der Waals surface area contributed by atoms with Crippen molar-refractivity contribution in [2.45, 2.75) is 30.7 Å². The number of likely N-dealkylation sites (tertiary alicyclic amines) is 1. The molecule has 1 aromatic rings.